The average Bonchev–Trinajstić information content (AvgIpc) is 3.07. The molecule has 25 heavy (non-hydrogen) atoms. The van der Waals surface area contributed by atoms with Crippen molar-refractivity contribution in [3.63, 3.8) is 0 Å². The highest BCUT2D eigenvalue weighted by Gasteiger charge is 2.34. The van der Waals surface area contributed by atoms with Gasteiger partial charge in [0.1, 0.15) is 0 Å². The molecule has 0 bridgehead atoms. The van der Waals surface area contributed by atoms with Crippen LogP contribution in [-0.2, 0) is 15.8 Å². The lowest BCUT2D eigenvalue weighted by atomic mass is 10.1. The molecule has 1 saturated heterocycles. The zero-order valence-electron chi connectivity index (χ0n) is 14.3. The van der Waals surface area contributed by atoms with Gasteiger partial charge in [0, 0.05) is 13.1 Å². The third kappa shape index (κ3) is 4.94. The molecule has 5 nitrogen and oxygen atoms in total. The molecular weight excluding hydrogens is 335 g/mol. The Labute approximate surface area is 144 Å². The van der Waals surface area contributed by atoms with Crippen LogP contribution in [0.5, 0.6) is 0 Å². The van der Waals surface area contributed by atoms with Gasteiger partial charge in [-0.25, -0.2) is 0 Å². The minimum atomic E-state index is -4.54. The molecule has 2 atom stereocenters. The predicted octanol–water partition coefficient (Wildman–Crippen LogP) is 1.17. The van der Waals surface area contributed by atoms with Gasteiger partial charge in [-0.1, -0.05) is 12.1 Å². The molecule has 2 amide bonds. The lowest BCUT2D eigenvalue weighted by Gasteiger charge is -2.25. The van der Waals surface area contributed by atoms with E-state index in [-0.39, 0.29) is 18.1 Å². The molecule has 0 aromatic heterocycles. The van der Waals surface area contributed by atoms with Gasteiger partial charge in [-0.15, -0.1) is 0 Å². The van der Waals surface area contributed by atoms with Gasteiger partial charge in [0.15, 0.2) is 12.6 Å². The maximum atomic E-state index is 13.0. The highest BCUT2D eigenvalue weighted by Crippen LogP contribution is 2.34. The number of benzene rings is 1. The number of halogens is 3. The van der Waals surface area contributed by atoms with Crippen LogP contribution in [-0.4, -0.2) is 49.4 Å². The van der Waals surface area contributed by atoms with Gasteiger partial charge in [0.2, 0.25) is 0 Å². The third-order valence-corrected chi connectivity index (χ3v) is 4.47. The number of carbonyl (C=O) groups is 2. The molecule has 1 heterocycles. The Morgan fingerprint density at radius 2 is 1.84 bits per heavy atom. The van der Waals surface area contributed by atoms with Crippen LogP contribution in [0.25, 0.3) is 0 Å². The van der Waals surface area contributed by atoms with Gasteiger partial charge in [0.25, 0.3) is 11.8 Å². The number of nitrogens with one attached hydrogen (secondary N) is 2. The average molecular weight is 358 g/mol. The van der Waals surface area contributed by atoms with E-state index in [0.29, 0.717) is 4.90 Å². The van der Waals surface area contributed by atoms with E-state index in [1.807, 2.05) is 0 Å². The van der Waals surface area contributed by atoms with Crippen LogP contribution in [0.4, 0.5) is 18.9 Å². The Kier molecular flexibility index (Phi) is 6.05. The van der Waals surface area contributed by atoms with Crippen LogP contribution in [0.15, 0.2) is 24.3 Å². The van der Waals surface area contributed by atoms with Crippen LogP contribution in [0.2, 0.25) is 0 Å². The molecule has 1 unspecified atom stereocenters. The number of rotatable bonds is 5. The molecule has 0 aliphatic carbocycles. The standard InChI is InChI=1S/C17H22F3N3O2/c1-12(16(25)23-9-5-6-10-23)22(2)11-15(24)21-14-8-4-3-7-13(14)17(18,19)20/h3-4,7-8,12H,5-6,9-11H2,1-2H3,(H,21,24)/p+1/t12-/m0/s1. The predicted molar refractivity (Wildman–Crippen MR) is 87.1 cm³/mol. The molecule has 8 heteroatoms. The number of anilines is 1. The summed E-state index contributed by atoms with van der Waals surface area (Å²) < 4.78 is 38.9. The largest absolute Gasteiger partial charge is 0.418 e. The van der Waals surface area contributed by atoms with Crippen molar-refractivity contribution < 1.29 is 27.7 Å². The van der Waals surface area contributed by atoms with Crippen molar-refractivity contribution >= 4 is 17.5 Å². The van der Waals surface area contributed by atoms with Crippen LogP contribution in [0.1, 0.15) is 25.3 Å². The second-order valence-electron chi connectivity index (χ2n) is 6.37. The number of likely N-dealkylation sites (tertiary alicyclic amines) is 1. The minimum Gasteiger partial charge on any atom is -0.338 e. The maximum Gasteiger partial charge on any atom is 0.418 e. The van der Waals surface area contributed by atoms with Crippen molar-refractivity contribution in [1.82, 2.24) is 4.90 Å². The number of carbonyl (C=O) groups excluding carboxylic acids is 2. The zero-order chi connectivity index (χ0) is 18.6. The summed E-state index contributed by atoms with van der Waals surface area (Å²) in [6.07, 6.45) is -2.58. The number of likely N-dealkylation sites (N-methyl/N-ethyl adjacent to an activating group) is 1. The number of amides is 2. The second-order valence-corrected chi connectivity index (χ2v) is 6.37. The Hall–Kier alpha value is -2.09. The molecule has 1 aromatic rings. The summed E-state index contributed by atoms with van der Waals surface area (Å²) in [5.41, 5.74) is -1.16. The maximum absolute atomic E-state index is 13.0. The van der Waals surface area contributed by atoms with Gasteiger partial charge in [0.05, 0.1) is 18.3 Å². The fraction of sp³-hybridized carbons (Fsp3) is 0.529. The van der Waals surface area contributed by atoms with E-state index in [1.165, 1.54) is 18.2 Å². The summed E-state index contributed by atoms with van der Waals surface area (Å²) >= 11 is 0. The first kappa shape index (κ1) is 19.2. The van der Waals surface area contributed by atoms with Gasteiger partial charge in [-0.05, 0) is 31.9 Å². The quantitative estimate of drug-likeness (QED) is 0.830. The molecule has 1 aliphatic heterocycles. The molecular formula is C17H23F3N3O2+. The van der Waals surface area contributed by atoms with E-state index in [1.54, 1.807) is 18.9 Å². The number of quaternary nitrogens is 1. The summed E-state index contributed by atoms with van der Waals surface area (Å²) in [5, 5.41) is 2.31. The number of hydrogen-bond acceptors (Lipinski definition) is 2. The Bertz CT molecular complexity index is 628. The molecule has 1 aliphatic rings. The Balaban J connectivity index is 1.97. The molecule has 0 spiro atoms. The van der Waals surface area contributed by atoms with Gasteiger partial charge >= 0.3 is 6.18 Å². The summed E-state index contributed by atoms with van der Waals surface area (Å²) in [7, 11) is 1.69. The van der Waals surface area contributed by atoms with Crippen LogP contribution < -0.4 is 10.2 Å². The SMILES string of the molecule is C[C@@H](C(=O)N1CCCC1)[NH+](C)CC(=O)Nc1ccccc1C(F)(F)F. The van der Waals surface area contributed by atoms with E-state index in [2.05, 4.69) is 5.32 Å². The van der Waals surface area contributed by atoms with Gasteiger partial charge in [-0.3, -0.25) is 9.59 Å². The van der Waals surface area contributed by atoms with E-state index < -0.39 is 23.7 Å². The smallest absolute Gasteiger partial charge is 0.338 e. The van der Waals surface area contributed by atoms with E-state index in [0.717, 1.165) is 32.0 Å². The highest BCUT2D eigenvalue weighted by molar-refractivity contribution is 5.92. The highest BCUT2D eigenvalue weighted by atomic mass is 19.4. The lowest BCUT2D eigenvalue weighted by molar-refractivity contribution is -0.886. The summed E-state index contributed by atoms with van der Waals surface area (Å²) in [6, 6.07) is 4.41. The zero-order valence-corrected chi connectivity index (χ0v) is 14.3. The first-order chi connectivity index (χ1) is 11.7. The minimum absolute atomic E-state index is 0.0292. The van der Waals surface area contributed by atoms with E-state index >= 15 is 0 Å². The summed E-state index contributed by atoms with van der Waals surface area (Å²) in [4.78, 5) is 26.9. The molecule has 2 rings (SSSR count). The second kappa shape index (κ2) is 7.86. The Morgan fingerprint density at radius 3 is 2.44 bits per heavy atom. The number of para-hydroxylation sites is 1. The first-order valence-electron chi connectivity index (χ1n) is 8.27. The molecule has 138 valence electrons. The molecule has 1 aromatic carbocycles. The lowest BCUT2D eigenvalue weighted by Crippen LogP contribution is -3.15. The van der Waals surface area contributed by atoms with Crippen molar-refractivity contribution in [2.24, 2.45) is 0 Å². The van der Waals surface area contributed by atoms with Crippen LogP contribution in [0.3, 0.4) is 0 Å². The van der Waals surface area contributed by atoms with Crippen molar-refractivity contribution in [1.29, 1.82) is 0 Å². The van der Waals surface area contributed by atoms with Crippen molar-refractivity contribution in [2.45, 2.75) is 32.0 Å². The third-order valence-electron chi connectivity index (χ3n) is 4.47. The summed E-state index contributed by atoms with van der Waals surface area (Å²) in [6.45, 7) is 3.09. The van der Waals surface area contributed by atoms with Gasteiger partial charge < -0.3 is 15.1 Å². The Morgan fingerprint density at radius 1 is 1.24 bits per heavy atom. The molecule has 2 N–H and O–H groups in total. The summed E-state index contributed by atoms with van der Waals surface area (Å²) in [5.74, 6) is -0.589. The molecule has 1 fully saturated rings. The van der Waals surface area contributed by atoms with Crippen LogP contribution in [0, 0.1) is 0 Å². The topological polar surface area (TPSA) is 53.9 Å². The monoisotopic (exact) mass is 358 g/mol. The molecule has 0 radical (unpaired) electrons. The van der Waals surface area contributed by atoms with Crippen molar-refractivity contribution in [3.05, 3.63) is 29.8 Å². The normalized spacial score (nSPS) is 17.2. The van der Waals surface area contributed by atoms with Crippen molar-refractivity contribution in [2.75, 3.05) is 32.0 Å². The van der Waals surface area contributed by atoms with E-state index in [4.69, 9.17) is 0 Å². The number of nitrogens with zero attached hydrogens (tertiary/aromatic N) is 1. The van der Waals surface area contributed by atoms with Gasteiger partial charge in [-0.2, -0.15) is 13.2 Å². The molecule has 0 saturated carbocycles. The van der Waals surface area contributed by atoms with Crippen LogP contribution >= 0.6 is 0 Å². The van der Waals surface area contributed by atoms with Crippen molar-refractivity contribution in [3.8, 4) is 0 Å². The fourth-order valence-corrected chi connectivity index (χ4v) is 2.86. The van der Waals surface area contributed by atoms with E-state index in [9.17, 15) is 22.8 Å². The fourth-order valence-electron chi connectivity index (χ4n) is 2.86. The number of alkyl halides is 3. The number of hydrogen-bond donors (Lipinski definition) is 2. The first-order valence-corrected chi connectivity index (χ1v) is 8.27.